The topological polar surface area (TPSA) is 51.6 Å². The third kappa shape index (κ3) is 3.84. The molecule has 1 N–H and O–H groups in total. The molecule has 3 aromatic carbocycles. The Bertz CT molecular complexity index is 1100. The number of phenolic OH excluding ortho intramolecular Hbond substituents is 1. The van der Waals surface area contributed by atoms with Gasteiger partial charge in [-0.15, -0.1) is 11.3 Å². The minimum atomic E-state index is -0.714. The average Bonchev–Trinajstić information content (AvgIpc) is 3.28. The molecule has 29 heavy (non-hydrogen) atoms. The SMILES string of the molecule is CCC(OC)(c1cc(O)cc(OCc2ccc3ccccc3c2)c1)c1nccs1. The van der Waals surface area contributed by atoms with Gasteiger partial charge in [0.25, 0.3) is 0 Å². The number of fused-ring (bicyclic) bond motifs is 1. The highest BCUT2D eigenvalue weighted by Gasteiger charge is 2.36. The first-order valence-corrected chi connectivity index (χ1v) is 10.4. The normalized spacial score (nSPS) is 13.3. The van der Waals surface area contributed by atoms with Gasteiger partial charge >= 0.3 is 0 Å². The third-order valence-electron chi connectivity index (χ3n) is 5.20. The zero-order valence-electron chi connectivity index (χ0n) is 16.5. The van der Waals surface area contributed by atoms with Crippen LogP contribution < -0.4 is 4.74 Å². The second kappa shape index (κ2) is 8.23. The predicted molar refractivity (Wildman–Crippen MR) is 117 cm³/mol. The second-order valence-electron chi connectivity index (χ2n) is 6.91. The molecule has 1 heterocycles. The Hall–Kier alpha value is -2.89. The Morgan fingerprint density at radius 3 is 2.59 bits per heavy atom. The highest BCUT2D eigenvalue weighted by Crippen LogP contribution is 2.40. The number of hydrogen-bond acceptors (Lipinski definition) is 5. The molecule has 0 bridgehead atoms. The van der Waals surface area contributed by atoms with Crippen LogP contribution in [0.1, 0.15) is 29.5 Å². The monoisotopic (exact) mass is 405 g/mol. The van der Waals surface area contributed by atoms with Crippen molar-refractivity contribution in [1.29, 1.82) is 0 Å². The van der Waals surface area contributed by atoms with E-state index in [4.69, 9.17) is 9.47 Å². The van der Waals surface area contributed by atoms with E-state index in [9.17, 15) is 5.11 Å². The molecule has 5 heteroatoms. The van der Waals surface area contributed by atoms with Crippen molar-refractivity contribution in [1.82, 2.24) is 4.98 Å². The minimum absolute atomic E-state index is 0.141. The van der Waals surface area contributed by atoms with Crippen LogP contribution in [-0.4, -0.2) is 17.2 Å². The van der Waals surface area contributed by atoms with E-state index in [1.54, 1.807) is 25.4 Å². The van der Waals surface area contributed by atoms with Gasteiger partial charge in [-0.05, 0) is 46.5 Å². The quantitative estimate of drug-likeness (QED) is 0.417. The smallest absolute Gasteiger partial charge is 0.144 e. The van der Waals surface area contributed by atoms with Gasteiger partial charge in [0.2, 0.25) is 0 Å². The van der Waals surface area contributed by atoms with Gasteiger partial charge < -0.3 is 14.6 Å². The Balaban J connectivity index is 1.62. The van der Waals surface area contributed by atoms with E-state index in [0.29, 0.717) is 18.8 Å². The van der Waals surface area contributed by atoms with Crippen LogP contribution in [0.2, 0.25) is 0 Å². The number of thiazole rings is 1. The maximum Gasteiger partial charge on any atom is 0.144 e. The number of rotatable bonds is 7. The van der Waals surface area contributed by atoms with E-state index in [1.165, 1.54) is 22.1 Å². The molecule has 0 aliphatic rings. The number of aromatic nitrogens is 1. The molecule has 148 valence electrons. The second-order valence-corrected chi connectivity index (χ2v) is 7.80. The van der Waals surface area contributed by atoms with E-state index >= 15 is 0 Å². The highest BCUT2D eigenvalue weighted by atomic mass is 32.1. The van der Waals surface area contributed by atoms with Crippen molar-refractivity contribution in [2.24, 2.45) is 0 Å². The molecule has 0 aliphatic carbocycles. The fourth-order valence-corrected chi connectivity index (χ4v) is 4.55. The molecule has 0 aliphatic heterocycles. The van der Waals surface area contributed by atoms with E-state index < -0.39 is 5.60 Å². The molecule has 4 aromatic rings. The predicted octanol–water partition coefficient (Wildman–Crippen LogP) is 5.88. The Kier molecular flexibility index (Phi) is 5.51. The highest BCUT2D eigenvalue weighted by molar-refractivity contribution is 7.09. The van der Waals surface area contributed by atoms with Crippen molar-refractivity contribution in [3.8, 4) is 11.5 Å². The summed E-state index contributed by atoms with van der Waals surface area (Å²) in [6, 6.07) is 19.8. The Morgan fingerprint density at radius 2 is 1.86 bits per heavy atom. The zero-order valence-corrected chi connectivity index (χ0v) is 17.3. The molecule has 0 saturated heterocycles. The standard InChI is InChI=1S/C24H23NO3S/c1-3-24(27-2,23-25-10-11-29-23)20-13-21(26)15-22(14-20)28-16-17-8-9-18-6-4-5-7-19(18)12-17/h4-15,26H,3,16H2,1-2H3. The van der Waals surface area contributed by atoms with Crippen LogP contribution in [0.5, 0.6) is 11.5 Å². The van der Waals surface area contributed by atoms with Crippen molar-refractivity contribution in [2.45, 2.75) is 25.6 Å². The van der Waals surface area contributed by atoms with Crippen molar-refractivity contribution in [3.63, 3.8) is 0 Å². The summed E-state index contributed by atoms with van der Waals surface area (Å²) < 4.78 is 12.0. The minimum Gasteiger partial charge on any atom is -0.508 e. The molecule has 0 spiro atoms. The number of phenols is 1. The first-order chi connectivity index (χ1) is 14.1. The lowest BCUT2D eigenvalue weighted by Gasteiger charge is -2.30. The van der Waals surface area contributed by atoms with Crippen LogP contribution in [0.15, 0.2) is 72.2 Å². The first-order valence-electron chi connectivity index (χ1n) is 9.55. The van der Waals surface area contributed by atoms with Crippen LogP contribution in [0, 0.1) is 0 Å². The average molecular weight is 406 g/mol. The molecule has 1 atom stereocenters. The molecule has 0 radical (unpaired) electrons. The van der Waals surface area contributed by atoms with Crippen LogP contribution >= 0.6 is 11.3 Å². The fraction of sp³-hybridized carbons (Fsp3) is 0.208. The molecular weight excluding hydrogens is 382 g/mol. The van der Waals surface area contributed by atoms with Gasteiger partial charge in [-0.25, -0.2) is 4.98 Å². The van der Waals surface area contributed by atoms with Crippen molar-refractivity contribution < 1.29 is 14.6 Å². The van der Waals surface area contributed by atoms with Gasteiger partial charge in [0.05, 0.1) is 0 Å². The Labute approximate surface area is 174 Å². The van der Waals surface area contributed by atoms with E-state index in [0.717, 1.165) is 16.1 Å². The molecule has 4 rings (SSSR count). The summed E-state index contributed by atoms with van der Waals surface area (Å²) in [6.45, 7) is 2.46. The van der Waals surface area contributed by atoms with Crippen molar-refractivity contribution in [3.05, 3.63) is 88.4 Å². The first kappa shape index (κ1) is 19.4. The molecular formula is C24H23NO3S. The number of methoxy groups -OCH3 is 1. The summed E-state index contributed by atoms with van der Waals surface area (Å²) in [7, 11) is 1.67. The molecule has 0 saturated carbocycles. The fourth-order valence-electron chi connectivity index (χ4n) is 3.65. The van der Waals surface area contributed by atoms with Crippen LogP contribution in [-0.2, 0) is 16.9 Å². The summed E-state index contributed by atoms with van der Waals surface area (Å²) in [5, 5.41) is 15.5. The number of ether oxygens (including phenoxy) is 2. The van der Waals surface area contributed by atoms with Crippen LogP contribution in [0.25, 0.3) is 10.8 Å². The molecule has 0 fully saturated rings. The summed E-state index contributed by atoms with van der Waals surface area (Å²) >= 11 is 1.54. The van der Waals surface area contributed by atoms with E-state index in [1.807, 2.05) is 30.5 Å². The molecule has 1 aromatic heterocycles. The Morgan fingerprint density at radius 1 is 1.03 bits per heavy atom. The lowest BCUT2D eigenvalue weighted by Crippen LogP contribution is -2.29. The van der Waals surface area contributed by atoms with Gasteiger partial charge in [0.15, 0.2) is 0 Å². The summed E-state index contributed by atoms with van der Waals surface area (Å²) in [4.78, 5) is 4.46. The molecule has 0 amide bonds. The van der Waals surface area contributed by atoms with Gasteiger partial charge in [0.1, 0.15) is 28.7 Å². The number of aromatic hydroxyl groups is 1. The van der Waals surface area contributed by atoms with Crippen molar-refractivity contribution >= 4 is 22.1 Å². The number of benzene rings is 3. The summed E-state index contributed by atoms with van der Waals surface area (Å²) in [6.07, 6.45) is 2.45. The van der Waals surface area contributed by atoms with E-state index in [-0.39, 0.29) is 5.75 Å². The van der Waals surface area contributed by atoms with Gasteiger partial charge in [-0.1, -0.05) is 43.3 Å². The maximum absolute atomic E-state index is 10.3. The van der Waals surface area contributed by atoms with Crippen molar-refractivity contribution in [2.75, 3.05) is 7.11 Å². The summed E-state index contributed by atoms with van der Waals surface area (Å²) in [5.41, 5.74) is 1.18. The van der Waals surface area contributed by atoms with Crippen LogP contribution in [0.4, 0.5) is 0 Å². The van der Waals surface area contributed by atoms with Gasteiger partial charge in [-0.2, -0.15) is 0 Å². The van der Waals surface area contributed by atoms with Gasteiger partial charge in [-0.3, -0.25) is 0 Å². The van der Waals surface area contributed by atoms with Gasteiger partial charge in [0, 0.05) is 24.8 Å². The molecule has 1 unspecified atom stereocenters. The lowest BCUT2D eigenvalue weighted by atomic mass is 9.91. The third-order valence-corrected chi connectivity index (χ3v) is 6.12. The van der Waals surface area contributed by atoms with E-state index in [2.05, 4.69) is 35.3 Å². The lowest BCUT2D eigenvalue weighted by molar-refractivity contribution is 0.0180. The largest absolute Gasteiger partial charge is 0.508 e. The molecule has 4 nitrogen and oxygen atoms in total. The van der Waals surface area contributed by atoms with Crippen LogP contribution in [0.3, 0.4) is 0 Å². The number of nitrogens with zero attached hydrogens (tertiary/aromatic N) is 1. The summed E-state index contributed by atoms with van der Waals surface area (Å²) in [5.74, 6) is 0.738. The number of hydrogen-bond donors (Lipinski definition) is 1. The zero-order chi connectivity index (χ0) is 20.3. The maximum atomic E-state index is 10.3.